The summed E-state index contributed by atoms with van der Waals surface area (Å²) in [5.74, 6) is -0.126. The van der Waals surface area contributed by atoms with Gasteiger partial charge < -0.3 is 0 Å². The van der Waals surface area contributed by atoms with Crippen LogP contribution in [0.2, 0.25) is 10.0 Å². The molecule has 128 valence electrons. The lowest BCUT2D eigenvalue weighted by atomic mass is 10.2. The first-order chi connectivity index (χ1) is 12.0. The fraction of sp³-hybridized carbons (Fsp3) is 0.118. The summed E-state index contributed by atoms with van der Waals surface area (Å²) in [4.78, 5) is 13.3. The summed E-state index contributed by atoms with van der Waals surface area (Å²) < 4.78 is 0. The molecular formula is C17H13Cl2N3OS2. The summed E-state index contributed by atoms with van der Waals surface area (Å²) in [6.07, 6.45) is 0. The smallest absolute Gasteiger partial charge is 0.239 e. The van der Waals surface area contributed by atoms with Crippen LogP contribution in [0.3, 0.4) is 0 Å². The average molecular weight is 410 g/mol. The number of nitrogens with zero attached hydrogens (tertiary/aromatic N) is 2. The lowest BCUT2D eigenvalue weighted by Crippen LogP contribution is -2.22. The van der Waals surface area contributed by atoms with Gasteiger partial charge in [0.2, 0.25) is 11.0 Å². The van der Waals surface area contributed by atoms with Crippen LogP contribution in [-0.4, -0.2) is 21.4 Å². The first-order valence-electron chi connectivity index (χ1n) is 7.34. The zero-order chi connectivity index (χ0) is 17.8. The van der Waals surface area contributed by atoms with Gasteiger partial charge in [-0.3, -0.25) is 10.1 Å². The van der Waals surface area contributed by atoms with E-state index >= 15 is 0 Å². The molecule has 0 bridgehead atoms. The number of aromatic nitrogens is 2. The predicted molar refractivity (Wildman–Crippen MR) is 106 cm³/mol. The third-order valence-electron chi connectivity index (χ3n) is 3.24. The van der Waals surface area contributed by atoms with Gasteiger partial charge in [0.1, 0.15) is 5.01 Å². The number of halogens is 2. The first-order valence-corrected chi connectivity index (χ1v) is 9.79. The van der Waals surface area contributed by atoms with Gasteiger partial charge in [0.25, 0.3) is 0 Å². The number of hydrogen-bond donors (Lipinski definition) is 1. The lowest BCUT2D eigenvalue weighted by molar-refractivity contribution is -0.115. The number of carbonyl (C=O) groups is 1. The average Bonchev–Trinajstić information content (AvgIpc) is 3.06. The Morgan fingerprint density at radius 1 is 1.04 bits per heavy atom. The van der Waals surface area contributed by atoms with Crippen molar-refractivity contribution in [3.8, 4) is 10.6 Å². The van der Waals surface area contributed by atoms with Crippen molar-refractivity contribution < 1.29 is 4.79 Å². The SMILES string of the molecule is CC(Sc1ccc(Cl)cc1)C(=O)Nc1nnc(-c2ccc(Cl)cc2)s1. The number of rotatable bonds is 5. The quantitative estimate of drug-likeness (QED) is 0.554. The third kappa shape index (κ3) is 4.95. The van der Waals surface area contributed by atoms with E-state index in [4.69, 9.17) is 23.2 Å². The molecule has 0 saturated carbocycles. The molecule has 1 N–H and O–H groups in total. The number of thioether (sulfide) groups is 1. The second-order valence-corrected chi connectivity index (χ2v) is 8.39. The first kappa shape index (κ1) is 18.2. The molecule has 2 aromatic carbocycles. The van der Waals surface area contributed by atoms with Crippen molar-refractivity contribution in [1.29, 1.82) is 0 Å². The summed E-state index contributed by atoms with van der Waals surface area (Å²) in [7, 11) is 0. The molecule has 0 spiro atoms. The van der Waals surface area contributed by atoms with E-state index in [-0.39, 0.29) is 11.2 Å². The Kier molecular flexibility index (Phi) is 5.96. The molecule has 0 saturated heterocycles. The van der Waals surface area contributed by atoms with Crippen molar-refractivity contribution in [3.05, 3.63) is 58.6 Å². The molecule has 0 aliphatic rings. The standard InChI is InChI=1S/C17H13Cl2N3OS2/c1-10(24-14-8-6-13(19)7-9-14)15(23)20-17-22-21-16(25-17)11-2-4-12(18)5-3-11/h2-10H,1H3,(H,20,22,23). The highest BCUT2D eigenvalue weighted by Crippen LogP contribution is 2.29. The topological polar surface area (TPSA) is 54.9 Å². The Morgan fingerprint density at radius 3 is 2.28 bits per heavy atom. The molecule has 0 radical (unpaired) electrons. The summed E-state index contributed by atoms with van der Waals surface area (Å²) >= 11 is 14.5. The van der Waals surface area contributed by atoms with Gasteiger partial charge in [-0.25, -0.2) is 0 Å². The molecule has 8 heteroatoms. The highest BCUT2D eigenvalue weighted by molar-refractivity contribution is 8.00. The molecule has 0 aliphatic heterocycles. The molecule has 0 fully saturated rings. The normalized spacial score (nSPS) is 12.0. The van der Waals surface area contributed by atoms with Crippen LogP contribution in [0.25, 0.3) is 10.6 Å². The summed E-state index contributed by atoms with van der Waals surface area (Å²) in [5.41, 5.74) is 0.908. The van der Waals surface area contributed by atoms with Crippen molar-refractivity contribution >= 4 is 57.3 Å². The number of carbonyl (C=O) groups excluding carboxylic acids is 1. The molecule has 1 atom stereocenters. The second-order valence-electron chi connectivity index (χ2n) is 5.12. The van der Waals surface area contributed by atoms with Gasteiger partial charge >= 0.3 is 0 Å². The minimum Gasteiger partial charge on any atom is -0.300 e. The fourth-order valence-electron chi connectivity index (χ4n) is 1.96. The Morgan fingerprint density at radius 2 is 1.64 bits per heavy atom. The van der Waals surface area contributed by atoms with E-state index in [9.17, 15) is 4.79 Å². The molecule has 0 aliphatic carbocycles. The number of anilines is 1. The largest absolute Gasteiger partial charge is 0.300 e. The second kappa shape index (κ2) is 8.19. The Hall–Kier alpha value is -1.60. The van der Waals surface area contributed by atoms with Crippen LogP contribution in [0.1, 0.15) is 6.92 Å². The molecule has 3 rings (SSSR count). The van der Waals surface area contributed by atoms with Crippen LogP contribution < -0.4 is 5.32 Å². The van der Waals surface area contributed by atoms with Crippen molar-refractivity contribution in [2.75, 3.05) is 5.32 Å². The van der Waals surface area contributed by atoms with E-state index in [1.807, 2.05) is 31.2 Å². The van der Waals surface area contributed by atoms with Gasteiger partial charge in [0.05, 0.1) is 5.25 Å². The van der Waals surface area contributed by atoms with Gasteiger partial charge in [-0.1, -0.05) is 46.7 Å². The molecular weight excluding hydrogens is 397 g/mol. The molecule has 4 nitrogen and oxygen atoms in total. The number of hydrogen-bond acceptors (Lipinski definition) is 5. The van der Waals surface area contributed by atoms with Crippen LogP contribution in [-0.2, 0) is 4.79 Å². The predicted octanol–water partition coefficient (Wildman–Crippen LogP) is 5.63. The molecule has 1 unspecified atom stereocenters. The monoisotopic (exact) mass is 409 g/mol. The highest BCUT2D eigenvalue weighted by Gasteiger charge is 2.17. The lowest BCUT2D eigenvalue weighted by Gasteiger charge is -2.10. The zero-order valence-corrected chi connectivity index (χ0v) is 16.2. The van der Waals surface area contributed by atoms with E-state index in [2.05, 4.69) is 15.5 Å². The van der Waals surface area contributed by atoms with E-state index in [0.29, 0.717) is 15.2 Å². The molecule has 3 aromatic rings. The van der Waals surface area contributed by atoms with Crippen LogP contribution in [0.15, 0.2) is 53.4 Å². The Bertz CT molecular complexity index is 866. The Labute approximate surface area is 163 Å². The van der Waals surface area contributed by atoms with E-state index in [0.717, 1.165) is 15.5 Å². The van der Waals surface area contributed by atoms with Crippen LogP contribution in [0.5, 0.6) is 0 Å². The van der Waals surface area contributed by atoms with E-state index in [1.54, 1.807) is 24.3 Å². The van der Waals surface area contributed by atoms with Gasteiger partial charge in [0, 0.05) is 20.5 Å². The van der Waals surface area contributed by atoms with Crippen molar-refractivity contribution in [2.45, 2.75) is 17.1 Å². The zero-order valence-electron chi connectivity index (χ0n) is 13.1. The van der Waals surface area contributed by atoms with Gasteiger partial charge in [0.15, 0.2) is 0 Å². The maximum atomic E-state index is 12.3. The summed E-state index contributed by atoms with van der Waals surface area (Å²) in [5, 5.41) is 13.2. The van der Waals surface area contributed by atoms with Crippen LogP contribution >= 0.6 is 46.3 Å². The Balaban J connectivity index is 1.62. The number of amides is 1. The fourth-order valence-corrected chi connectivity index (χ4v) is 3.83. The van der Waals surface area contributed by atoms with E-state index in [1.165, 1.54) is 23.1 Å². The summed E-state index contributed by atoms with van der Waals surface area (Å²) in [6.45, 7) is 1.84. The maximum Gasteiger partial charge on any atom is 0.239 e. The third-order valence-corrected chi connectivity index (χ3v) is 5.75. The minimum absolute atomic E-state index is 0.126. The van der Waals surface area contributed by atoms with Crippen molar-refractivity contribution in [3.63, 3.8) is 0 Å². The molecule has 1 amide bonds. The minimum atomic E-state index is -0.274. The maximum absolute atomic E-state index is 12.3. The van der Waals surface area contributed by atoms with E-state index < -0.39 is 0 Å². The van der Waals surface area contributed by atoms with Crippen molar-refractivity contribution in [1.82, 2.24) is 10.2 Å². The van der Waals surface area contributed by atoms with Crippen LogP contribution in [0, 0.1) is 0 Å². The highest BCUT2D eigenvalue weighted by atomic mass is 35.5. The number of benzene rings is 2. The molecule has 1 aromatic heterocycles. The molecule has 1 heterocycles. The van der Waals surface area contributed by atoms with Crippen molar-refractivity contribution in [2.24, 2.45) is 0 Å². The molecule has 25 heavy (non-hydrogen) atoms. The number of nitrogens with one attached hydrogen (secondary N) is 1. The van der Waals surface area contributed by atoms with Gasteiger partial charge in [-0.05, 0) is 43.3 Å². The van der Waals surface area contributed by atoms with Gasteiger partial charge in [-0.15, -0.1) is 22.0 Å². The summed E-state index contributed by atoms with van der Waals surface area (Å²) in [6, 6.07) is 14.7. The van der Waals surface area contributed by atoms with Crippen LogP contribution in [0.4, 0.5) is 5.13 Å². The van der Waals surface area contributed by atoms with Gasteiger partial charge in [-0.2, -0.15) is 0 Å².